The van der Waals surface area contributed by atoms with E-state index in [9.17, 15) is 18.7 Å². The predicted molar refractivity (Wildman–Crippen MR) is 81.5 cm³/mol. The van der Waals surface area contributed by atoms with Gasteiger partial charge in [0, 0.05) is 23.1 Å². The molecule has 0 saturated heterocycles. The molecule has 0 amide bonds. The summed E-state index contributed by atoms with van der Waals surface area (Å²) in [5.74, 6) is -0.0307. The number of benzene rings is 2. The molecule has 0 saturated carbocycles. The van der Waals surface area contributed by atoms with Crippen molar-refractivity contribution in [2.75, 3.05) is 6.79 Å². The average Bonchev–Trinajstić information content (AvgIpc) is 2.99. The fourth-order valence-corrected chi connectivity index (χ4v) is 2.98. The molecule has 2 aromatic carbocycles. The van der Waals surface area contributed by atoms with E-state index in [0.717, 1.165) is 0 Å². The maximum Gasteiger partial charge on any atom is 1.00 e. The van der Waals surface area contributed by atoms with E-state index in [1.165, 1.54) is 36.4 Å². The van der Waals surface area contributed by atoms with Crippen molar-refractivity contribution >= 4 is 18.7 Å². The summed E-state index contributed by atoms with van der Waals surface area (Å²) in [5.41, 5.74) is 0.528. The molecule has 0 spiro atoms. The molecule has 11 heteroatoms. The van der Waals surface area contributed by atoms with Gasteiger partial charge in [-0.15, -0.1) is 0 Å². The van der Waals surface area contributed by atoms with Crippen LogP contribution in [-0.4, -0.2) is 11.8 Å². The number of phosphoric acid groups is 1. The quantitative estimate of drug-likeness (QED) is 0.322. The van der Waals surface area contributed by atoms with Crippen molar-refractivity contribution in [3.8, 4) is 28.5 Å². The minimum atomic E-state index is -5.33. The number of hydrogen-bond donors (Lipinski definition) is 0. The molecule has 0 atom stereocenters. The Morgan fingerprint density at radius 1 is 1.07 bits per heavy atom. The molecular weight excluding hydrogens is 398 g/mol. The Bertz CT molecular complexity index is 1040. The van der Waals surface area contributed by atoms with Gasteiger partial charge in [0.05, 0.1) is 11.2 Å². The van der Waals surface area contributed by atoms with Gasteiger partial charge in [0.15, 0.2) is 11.5 Å². The number of rotatable bonds is 3. The third-order valence-electron chi connectivity index (χ3n) is 3.63. The molecule has 27 heavy (non-hydrogen) atoms. The molecule has 1 aliphatic rings. The zero-order valence-corrected chi connectivity index (χ0v) is 19.4. The Balaban J connectivity index is 0.00000131. The van der Waals surface area contributed by atoms with Crippen molar-refractivity contribution in [3.05, 3.63) is 48.3 Å². The van der Waals surface area contributed by atoms with Crippen LogP contribution in [0.5, 0.6) is 17.2 Å². The normalized spacial score (nSPS) is 12.3. The first kappa shape index (κ1) is 22.6. The van der Waals surface area contributed by atoms with Crippen LogP contribution in [-0.2, 0) is 4.57 Å². The second kappa shape index (κ2) is 8.78. The van der Waals surface area contributed by atoms with Crippen molar-refractivity contribution in [1.29, 1.82) is 0 Å². The zero-order chi connectivity index (χ0) is 17.6. The van der Waals surface area contributed by atoms with Gasteiger partial charge in [-0.2, -0.15) is 0 Å². The van der Waals surface area contributed by atoms with Crippen LogP contribution in [0.3, 0.4) is 0 Å². The van der Waals surface area contributed by atoms with E-state index in [-0.39, 0.29) is 93.8 Å². The first-order chi connectivity index (χ1) is 11.9. The Hall–Kier alpha value is -0.670. The maximum atomic E-state index is 14.1. The number of halogens is 1. The third-order valence-corrected chi connectivity index (χ3v) is 4.05. The molecule has 0 N–H and O–H groups in total. The molecule has 7 nitrogen and oxygen atoms in total. The van der Waals surface area contributed by atoms with Crippen molar-refractivity contribution in [2.24, 2.45) is 0 Å². The first-order valence-corrected chi connectivity index (χ1v) is 8.58. The fourth-order valence-electron chi connectivity index (χ4n) is 2.59. The molecule has 0 radical (unpaired) electrons. The molecule has 4 rings (SSSR count). The summed E-state index contributed by atoms with van der Waals surface area (Å²) >= 11 is 0. The van der Waals surface area contributed by atoms with E-state index in [1.807, 2.05) is 0 Å². The Morgan fingerprint density at radius 3 is 2.41 bits per heavy atom. The van der Waals surface area contributed by atoms with Crippen molar-refractivity contribution in [1.82, 2.24) is 4.98 Å². The molecular formula is C16H9FNNa2O6P. The molecule has 1 aliphatic heterocycles. The van der Waals surface area contributed by atoms with Gasteiger partial charge in [-0.1, -0.05) is 12.1 Å². The third kappa shape index (κ3) is 4.85. The SMILES string of the molecule is O=P([O-])([O-])Oc1cc(-c2ccccc2F)nc2cc3c(cc12)OCO3.[Na+].[Na+]. The van der Waals surface area contributed by atoms with Gasteiger partial charge >= 0.3 is 59.1 Å². The molecule has 2 heterocycles. The molecule has 0 fully saturated rings. The van der Waals surface area contributed by atoms with Gasteiger partial charge in [0.1, 0.15) is 19.4 Å². The molecule has 3 aromatic rings. The van der Waals surface area contributed by atoms with Crippen LogP contribution in [0.25, 0.3) is 22.2 Å². The van der Waals surface area contributed by atoms with E-state index in [4.69, 9.17) is 9.47 Å². The number of nitrogens with zero attached hydrogens (tertiary/aromatic N) is 1. The molecule has 1 aromatic heterocycles. The van der Waals surface area contributed by atoms with Crippen LogP contribution in [0.1, 0.15) is 0 Å². The van der Waals surface area contributed by atoms with Gasteiger partial charge < -0.3 is 28.3 Å². The van der Waals surface area contributed by atoms with Crippen molar-refractivity contribution in [3.63, 3.8) is 0 Å². The van der Waals surface area contributed by atoms with Gasteiger partial charge in [-0.3, -0.25) is 0 Å². The van der Waals surface area contributed by atoms with E-state index in [1.54, 1.807) is 6.07 Å². The van der Waals surface area contributed by atoms with E-state index >= 15 is 0 Å². The summed E-state index contributed by atoms with van der Waals surface area (Å²) in [6, 6.07) is 10.0. The maximum absolute atomic E-state index is 14.1. The summed E-state index contributed by atoms with van der Waals surface area (Å²) in [7, 11) is -5.33. The van der Waals surface area contributed by atoms with Crippen LogP contribution >= 0.6 is 7.82 Å². The minimum absolute atomic E-state index is 0. The molecule has 0 bridgehead atoms. The molecule has 0 unspecified atom stereocenters. The molecule has 0 aliphatic carbocycles. The average molecular weight is 407 g/mol. The summed E-state index contributed by atoms with van der Waals surface area (Å²) < 4.78 is 40.2. The Kier molecular flexibility index (Phi) is 7.35. The Morgan fingerprint density at radius 2 is 1.74 bits per heavy atom. The zero-order valence-electron chi connectivity index (χ0n) is 14.5. The minimum Gasteiger partial charge on any atom is -0.780 e. The van der Waals surface area contributed by atoms with E-state index in [2.05, 4.69) is 9.51 Å². The van der Waals surface area contributed by atoms with Gasteiger partial charge in [0.2, 0.25) is 6.79 Å². The van der Waals surface area contributed by atoms with E-state index < -0.39 is 13.6 Å². The summed E-state index contributed by atoms with van der Waals surface area (Å²) in [5, 5.41) is 0.233. The largest absolute Gasteiger partial charge is 1.00 e. The van der Waals surface area contributed by atoms with Crippen LogP contribution < -0.4 is 82.9 Å². The molecule has 128 valence electrons. The first-order valence-electron chi connectivity index (χ1n) is 7.12. The summed E-state index contributed by atoms with van der Waals surface area (Å²) in [4.78, 5) is 26.5. The topological polar surface area (TPSA) is 104 Å². The number of aromatic nitrogens is 1. The van der Waals surface area contributed by atoms with Gasteiger partial charge in [0.25, 0.3) is 0 Å². The number of phosphoric ester groups is 1. The van der Waals surface area contributed by atoms with E-state index in [0.29, 0.717) is 11.5 Å². The number of pyridine rings is 1. The fraction of sp³-hybridized carbons (Fsp3) is 0.0625. The number of ether oxygens (including phenoxy) is 2. The monoisotopic (exact) mass is 407 g/mol. The summed E-state index contributed by atoms with van der Waals surface area (Å²) in [6.07, 6.45) is 0. The standard InChI is InChI=1S/C16H11FNO6P.2Na/c17-11-4-2-1-3-9(11)12-6-14(24-25(19,20)21)10-5-15-16(23-8-22-15)7-13(10)18-12;;/h1-7H,8H2,(H2,19,20,21);;/q;2*+1/p-2. The van der Waals surface area contributed by atoms with Crippen LogP contribution in [0.2, 0.25) is 0 Å². The van der Waals surface area contributed by atoms with Gasteiger partial charge in [-0.05, 0) is 18.2 Å². The predicted octanol–water partition coefficient (Wildman–Crippen LogP) is -4.01. The van der Waals surface area contributed by atoms with Crippen LogP contribution in [0.15, 0.2) is 42.5 Å². The summed E-state index contributed by atoms with van der Waals surface area (Å²) in [6.45, 7) is 0.00359. The second-order valence-corrected chi connectivity index (χ2v) is 6.32. The van der Waals surface area contributed by atoms with Crippen LogP contribution in [0.4, 0.5) is 4.39 Å². The van der Waals surface area contributed by atoms with Crippen molar-refractivity contribution < 1.29 is 91.9 Å². The number of fused-ring (bicyclic) bond motifs is 2. The van der Waals surface area contributed by atoms with Gasteiger partial charge in [-0.25, -0.2) is 9.37 Å². The number of hydrogen-bond acceptors (Lipinski definition) is 7. The Labute approximate surface area is 197 Å². The smallest absolute Gasteiger partial charge is 0.780 e. The van der Waals surface area contributed by atoms with Crippen LogP contribution in [0, 0.1) is 5.82 Å². The van der Waals surface area contributed by atoms with Crippen molar-refractivity contribution in [2.45, 2.75) is 0 Å². The second-order valence-electron chi connectivity index (χ2n) is 5.25.